The van der Waals surface area contributed by atoms with Crippen molar-refractivity contribution < 1.29 is 19.0 Å². The summed E-state index contributed by atoms with van der Waals surface area (Å²) in [5, 5.41) is 0.445. The second-order valence-corrected chi connectivity index (χ2v) is 7.17. The van der Waals surface area contributed by atoms with E-state index in [4.69, 9.17) is 25.8 Å². The van der Waals surface area contributed by atoms with E-state index in [0.29, 0.717) is 23.1 Å². The van der Waals surface area contributed by atoms with Crippen LogP contribution in [0.25, 0.3) is 6.08 Å². The van der Waals surface area contributed by atoms with Crippen LogP contribution in [0.5, 0.6) is 17.2 Å². The van der Waals surface area contributed by atoms with Crippen LogP contribution in [0.1, 0.15) is 36.9 Å². The lowest BCUT2D eigenvalue weighted by Crippen LogP contribution is -2.28. The number of rotatable bonds is 7. The summed E-state index contributed by atoms with van der Waals surface area (Å²) in [5.74, 6) is 1.83. The van der Waals surface area contributed by atoms with Crippen LogP contribution in [0.15, 0.2) is 42.5 Å². The van der Waals surface area contributed by atoms with Crippen molar-refractivity contribution in [1.29, 1.82) is 0 Å². The van der Waals surface area contributed by atoms with Gasteiger partial charge in [-0.1, -0.05) is 23.7 Å². The van der Waals surface area contributed by atoms with Crippen LogP contribution >= 0.6 is 11.6 Å². The Balaban J connectivity index is 1.79. The first-order valence-electron chi connectivity index (χ1n) is 9.70. The maximum absolute atomic E-state index is 12.9. The van der Waals surface area contributed by atoms with Gasteiger partial charge in [0, 0.05) is 12.6 Å². The number of carbonyl (C=O) groups is 1. The molecule has 0 aromatic heterocycles. The molecule has 1 aliphatic rings. The van der Waals surface area contributed by atoms with Gasteiger partial charge in [0.2, 0.25) is 5.91 Å². The first-order valence-corrected chi connectivity index (χ1v) is 10.1. The van der Waals surface area contributed by atoms with E-state index in [1.807, 2.05) is 42.2 Å². The molecular weight excluding hydrogens is 390 g/mol. The number of hydrogen-bond donors (Lipinski definition) is 0. The summed E-state index contributed by atoms with van der Waals surface area (Å²) in [5.41, 5.74) is 1.87. The van der Waals surface area contributed by atoms with Crippen LogP contribution in [0.4, 0.5) is 0 Å². The fraction of sp³-hybridized carbons (Fsp3) is 0.348. The van der Waals surface area contributed by atoms with Crippen LogP contribution < -0.4 is 14.2 Å². The normalized spacial score (nSPS) is 16.3. The highest BCUT2D eigenvalue weighted by Gasteiger charge is 2.29. The number of halogens is 1. The van der Waals surface area contributed by atoms with E-state index in [1.54, 1.807) is 32.4 Å². The van der Waals surface area contributed by atoms with E-state index in [1.165, 1.54) is 0 Å². The quantitative estimate of drug-likeness (QED) is 0.588. The highest BCUT2D eigenvalue weighted by atomic mass is 35.5. The fourth-order valence-electron chi connectivity index (χ4n) is 3.63. The SMILES string of the molecule is CCOc1cc(/C=C/C(=O)N2CCCC2c2cccc(OC)c2)cc(Cl)c1OC. The van der Waals surface area contributed by atoms with Gasteiger partial charge >= 0.3 is 0 Å². The summed E-state index contributed by atoms with van der Waals surface area (Å²) in [7, 11) is 3.20. The zero-order valence-electron chi connectivity index (χ0n) is 17.0. The number of amides is 1. The molecule has 1 aliphatic heterocycles. The van der Waals surface area contributed by atoms with Crippen LogP contribution in [0.2, 0.25) is 5.02 Å². The highest BCUT2D eigenvalue weighted by Crippen LogP contribution is 2.37. The molecule has 0 bridgehead atoms. The van der Waals surface area contributed by atoms with Gasteiger partial charge in [0.25, 0.3) is 0 Å². The van der Waals surface area contributed by atoms with Crippen molar-refractivity contribution in [2.75, 3.05) is 27.4 Å². The molecular formula is C23H26ClNO4. The van der Waals surface area contributed by atoms with Gasteiger partial charge in [-0.05, 0) is 61.2 Å². The van der Waals surface area contributed by atoms with Crippen molar-refractivity contribution in [2.45, 2.75) is 25.8 Å². The Labute approximate surface area is 176 Å². The molecule has 2 aromatic rings. The van der Waals surface area contributed by atoms with Gasteiger partial charge in [0.1, 0.15) is 5.75 Å². The summed E-state index contributed by atoms with van der Waals surface area (Å²) in [4.78, 5) is 14.8. The van der Waals surface area contributed by atoms with Crippen LogP contribution in [-0.2, 0) is 4.79 Å². The van der Waals surface area contributed by atoms with E-state index in [9.17, 15) is 4.79 Å². The Kier molecular flexibility index (Phi) is 7.04. The predicted molar refractivity (Wildman–Crippen MR) is 115 cm³/mol. The number of ether oxygens (including phenoxy) is 3. The summed E-state index contributed by atoms with van der Waals surface area (Å²) < 4.78 is 16.2. The minimum atomic E-state index is -0.0276. The molecule has 3 rings (SSSR count). The zero-order chi connectivity index (χ0) is 20.8. The van der Waals surface area contributed by atoms with E-state index in [0.717, 1.165) is 36.3 Å². The lowest BCUT2D eigenvalue weighted by molar-refractivity contribution is -0.126. The molecule has 0 saturated carbocycles. The number of hydrogen-bond acceptors (Lipinski definition) is 4. The Bertz CT molecular complexity index is 896. The van der Waals surface area contributed by atoms with Crippen LogP contribution in [0, 0.1) is 0 Å². The molecule has 0 radical (unpaired) electrons. The standard InChI is InChI=1S/C23H26ClNO4/c1-4-29-21-14-16(13-19(24)23(21)28-3)10-11-22(26)25-12-6-9-20(25)17-7-5-8-18(15-17)27-2/h5,7-8,10-11,13-15,20H,4,6,9,12H2,1-3H3/b11-10+. The van der Waals surface area contributed by atoms with Gasteiger partial charge < -0.3 is 19.1 Å². The maximum Gasteiger partial charge on any atom is 0.247 e. The Hall–Kier alpha value is -2.66. The van der Waals surface area contributed by atoms with Gasteiger partial charge in [-0.3, -0.25) is 4.79 Å². The third-order valence-corrected chi connectivity index (χ3v) is 5.25. The summed E-state index contributed by atoms with van der Waals surface area (Å²) in [6.07, 6.45) is 5.27. The first kappa shape index (κ1) is 21.1. The van der Waals surface area contributed by atoms with Crippen molar-refractivity contribution >= 4 is 23.6 Å². The summed E-state index contributed by atoms with van der Waals surface area (Å²) in [6.45, 7) is 3.12. The molecule has 1 atom stereocenters. The average molecular weight is 416 g/mol. The van der Waals surface area contributed by atoms with E-state index < -0.39 is 0 Å². The monoisotopic (exact) mass is 415 g/mol. The van der Waals surface area contributed by atoms with E-state index >= 15 is 0 Å². The molecule has 5 nitrogen and oxygen atoms in total. The van der Waals surface area contributed by atoms with Gasteiger partial charge in [-0.15, -0.1) is 0 Å². The smallest absolute Gasteiger partial charge is 0.247 e. The molecule has 6 heteroatoms. The first-order chi connectivity index (χ1) is 14.1. The van der Waals surface area contributed by atoms with Gasteiger partial charge in [0.15, 0.2) is 11.5 Å². The van der Waals surface area contributed by atoms with Gasteiger partial charge in [-0.2, -0.15) is 0 Å². The van der Waals surface area contributed by atoms with Gasteiger partial charge in [-0.25, -0.2) is 0 Å². The molecule has 0 spiro atoms. The minimum Gasteiger partial charge on any atom is -0.497 e. The number of benzene rings is 2. The van der Waals surface area contributed by atoms with Crippen LogP contribution in [-0.4, -0.2) is 38.2 Å². The largest absolute Gasteiger partial charge is 0.497 e. The summed E-state index contributed by atoms with van der Waals surface area (Å²) >= 11 is 6.30. The molecule has 29 heavy (non-hydrogen) atoms. The summed E-state index contributed by atoms with van der Waals surface area (Å²) in [6, 6.07) is 11.5. The van der Waals surface area contributed by atoms with E-state index in [-0.39, 0.29) is 11.9 Å². The Morgan fingerprint density at radius 3 is 2.79 bits per heavy atom. The molecule has 1 saturated heterocycles. The van der Waals surface area contributed by atoms with Crippen molar-refractivity contribution in [1.82, 2.24) is 4.90 Å². The Morgan fingerprint density at radius 2 is 2.07 bits per heavy atom. The molecule has 1 unspecified atom stereocenters. The van der Waals surface area contributed by atoms with Gasteiger partial charge in [0.05, 0.1) is 31.9 Å². The number of nitrogens with zero attached hydrogens (tertiary/aromatic N) is 1. The number of likely N-dealkylation sites (tertiary alicyclic amines) is 1. The van der Waals surface area contributed by atoms with Crippen molar-refractivity contribution in [3.63, 3.8) is 0 Å². The lowest BCUT2D eigenvalue weighted by Gasteiger charge is -2.24. The molecule has 2 aromatic carbocycles. The molecule has 0 N–H and O–H groups in total. The lowest BCUT2D eigenvalue weighted by atomic mass is 10.0. The topological polar surface area (TPSA) is 48.0 Å². The molecule has 1 amide bonds. The third-order valence-electron chi connectivity index (χ3n) is 4.97. The minimum absolute atomic E-state index is 0.0276. The van der Waals surface area contributed by atoms with Crippen LogP contribution in [0.3, 0.4) is 0 Å². The predicted octanol–water partition coefficient (Wildman–Crippen LogP) is 5.13. The van der Waals surface area contributed by atoms with Crippen molar-refractivity contribution in [3.8, 4) is 17.2 Å². The highest BCUT2D eigenvalue weighted by molar-refractivity contribution is 6.32. The second-order valence-electron chi connectivity index (χ2n) is 6.77. The molecule has 154 valence electrons. The molecule has 0 aliphatic carbocycles. The van der Waals surface area contributed by atoms with Crippen molar-refractivity contribution in [2.24, 2.45) is 0 Å². The second kappa shape index (κ2) is 9.70. The Morgan fingerprint density at radius 1 is 1.24 bits per heavy atom. The number of carbonyl (C=O) groups excluding carboxylic acids is 1. The zero-order valence-corrected chi connectivity index (χ0v) is 17.7. The maximum atomic E-state index is 12.9. The molecule has 1 fully saturated rings. The average Bonchev–Trinajstić information content (AvgIpc) is 3.22. The fourth-order valence-corrected chi connectivity index (χ4v) is 3.93. The van der Waals surface area contributed by atoms with Crippen molar-refractivity contribution in [3.05, 3.63) is 58.6 Å². The van der Waals surface area contributed by atoms with E-state index in [2.05, 4.69) is 0 Å². The number of methoxy groups -OCH3 is 2. The third kappa shape index (κ3) is 4.85. The molecule has 1 heterocycles.